The van der Waals surface area contributed by atoms with Crippen LogP contribution in [0.5, 0.6) is 5.75 Å². The summed E-state index contributed by atoms with van der Waals surface area (Å²) in [7, 11) is 1.67. The maximum atomic E-state index is 12.9. The minimum atomic E-state index is 0.0741. The number of hydrogen-bond donors (Lipinski definition) is 0. The Balaban J connectivity index is 1.52. The average molecular weight is 412 g/mol. The molecule has 0 N–H and O–H groups in total. The molecule has 31 heavy (non-hydrogen) atoms. The number of nitrogens with zero attached hydrogens (tertiary/aromatic N) is 4. The van der Waals surface area contributed by atoms with Crippen molar-refractivity contribution in [1.29, 1.82) is 5.26 Å². The highest BCUT2D eigenvalue weighted by Crippen LogP contribution is 2.43. The van der Waals surface area contributed by atoms with Gasteiger partial charge in [-0.2, -0.15) is 5.26 Å². The summed E-state index contributed by atoms with van der Waals surface area (Å²) in [4.78, 5) is 19.8. The van der Waals surface area contributed by atoms with Crippen LogP contribution >= 0.6 is 0 Å². The van der Waals surface area contributed by atoms with Crippen molar-refractivity contribution in [3.05, 3.63) is 88.0 Å². The van der Waals surface area contributed by atoms with E-state index in [4.69, 9.17) is 10.00 Å². The molecule has 1 fully saturated rings. The molecule has 6 heteroatoms. The van der Waals surface area contributed by atoms with Gasteiger partial charge in [0.2, 0.25) is 0 Å². The van der Waals surface area contributed by atoms with Crippen molar-refractivity contribution in [3.8, 4) is 11.8 Å². The third-order valence-electron chi connectivity index (χ3n) is 6.58. The summed E-state index contributed by atoms with van der Waals surface area (Å²) >= 11 is 0. The molecule has 0 aliphatic carbocycles. The van der Waals surface area contributed by atoms with E-state index in [0.717, 1.165) is 48.8 Å². The van der Waals surface area contributed by atoms with Gasteiger partial charge in [-0.1, -0.05) is 18.2 Å². The van der Waals surface area contributed by atoms with Gasteiger partial charge in [-0.15, -0.1) is 0 Å². The van der Waals surface area contributed by atoms with Gasteiger partial charge < -0.3 is 14.2 Å². The SMILES string of the molecule is COc1cccc(C[C@H]2[C@H]3C[C@H](CN(c4ccc(C#N)cn4)C3)c3cccc(=O)n32)c1. The molecule has 0 unspecified atom stereocenters. The summed E-state index contributed by atoms with van der Waals surface area (Å²) in [6.45, 7) is 1.66. The molecule has 6 nitrogen and oxygen atoms in total. The van der Waals surface area contributed by atoms with Gasteiger partial charge in [0.25, 0.3) is 5.56 Å². The molecular weight excluding hydrogens is 388 g/mol. The van der Waals surface area contributed by atoms with Gasteiger partial charge in [0.1, 0.15) is 17.6 Å². The molecule has 0 spiro atoms. The predicted octanol–water partition coefficient (Wildman–Crippen LogP) is 3.53. The molecule has 0 saturated carbocycles. The first-order chi connectivity index (χ1) is 15.2. The van der Waals surface area contributed by atoms with Crippen LogP contribution in [0.1, 0.15) is 35.2 Å². The first-order valence-electron chi connectivity index (χ1n) is 10.6. The Kier molecular flexibility index (Phi) is 4.95. The second kappa shape index (κ2) is 7.92. The number of benzene rings is 1. The maximum Gasteiger partial charge on any atom is 0.251 e. The summed E-state index contributed by atoms with van der Waals surface area (Å²) in [6.07, 6.45) is 3.47. The molecule has 1 aromatic carbocycles. The third-order valence-corrected chi connectivity index (χ3v) is 6.58. The van der Waals surface area contributed by atoms with E-state index in [9.17, 15) is 4.79 Å². The van der Waals surface area contributed by atoms with Crippen molar-refractivity contribution in [2.24, 2.45) is 5.92 Å². The topological polar surface area (TPSA) is 71.2 Å². The van der Waals surface area contributed by atoms with Gasteiger partial charge in [0.05, 0.1) is 12.7 Å². The van der Waals surface area contributed by atoms with Crippen molar-refractivity contribution in [2.45, 2.75) is 24.8 Å². The van der Waals surface area contributed by atoms with Gasteiger partial charge >= 0.3 is 0 Å². The van der Waals surface area contributed by atoms with Crippen LogP contribution in [0.15, 0.2) is 65.6 Å². The Hall–Kier alpha value is -3.59. The molecule has 5 rings (SSSR count). The number of ether oxygens (including phenoxy) is 1. The van der Waals surface area contributed by atoms with Crippen LogP contribution in [0.25, 0.3) is 0 Å². The lowest BCUT2D eigenvalue weighted by molar-refractivity contribution is 0.211. The van der Waals surface area contributed by atoms with Gasteiger partial charge in [-0.3, -0.25) is 4.79 Å². The number of fused-ring (bicyclic) bond motifs is 4. The van der Waals surface area contributed by atoms with Crippen LogP contribution in [0.2, 0.25) is 0 Å². The van der Waals surface area contributed by atoms with Crippen LogP contribution in [-0.2, 0) is 6.42 Å². The molecule has 2 aromatic heterocycles. The Morgan fingerprint density at radius 3 is 2.81 bits per heavy atom. The average Bonchev–Trinajstić information content (AvgIpc) is 2.82. The number of aromatic nitrogens is 2. The highest BCUT2D eigenvalue weighted by molar-refractivity contribution is 5.44. The van der Waals surface area contributed by atoms with Gasteiger partial charge in [0.15, 0.2) is 0 Å². The molecule has 0 amide bonds. The number of piperidine rings is 1. The monoisotopic (exact) mass is 412 g/mol. The molecule has 4 heterocycles. The number of anilines is 1. The Bertz CT molecular complexity index is 1200. The summed E-state index contributed by atoms with van der Waals surface area (Å²) in [5.41, 5.74) is 2.91. The molecule has 3 aromatic rings. The standard InChI is InChI=1S/C25H24N4O2/c1-31-21-5-2-4-17(10-21)11-23-20-12-19(22-6-3-7-25(30)29(22)23)15-28(16-20)24-9-8-18(13-26)14-27-24/h2-10,14,19-20,23H,11-12,15-16H2,1H3/t19-,20+,23+/m1/s1. The van der Waals surface area contributed by atoms with Crippen LogP contribution in [0.4, 0.5) is 5.82 Å². The van der Waals surface area contributed by atoms with Crippen molar-refractivity contribution in [1.82, 2.24) is 9.55 Å². The van der Waals surface area contributed by atoms with Gasteiger partial charge in [-0.05, 0) is 54.7 Å². The van der Waals surface area contributed by atoms with Crippen molar-refractivity contribution in [2.75, 3.05) is 25.1 Å². The van der Waals surface area contributed by atoms with E-state index in [1.807, 2.05) is 34.9 Å². The number of hydrogen-bond acceptors (Lipinski definition) is 5. The summed E-state index contributed by atoms with van der Waals surface area (Å²) in [5, 5.41) is 9.07. The number of methoxy groups -OCH3 is 1. The lowest BCUT2D eigenvalue weighted by atomic mass is 9.76. The Labute approximate surface area is 181 Å². The molecule has 1 saturated heterocycles. The summed E-state index contributed by atoms with van der Waals surface area (Å²) in [5.74, 6) is 2.33. The lowest BCUT2D eigenvalue weighted by Gasteiger charge is -2.47. The molecule has 0 radical (unpaired) electrons. The van der Waals surface area contributed by atoms with E-state index in [2.05, 4.69) is 34.2 Å². The first-order valence-corrected chi connectivity index (χ1v) is 10.6. The van der Waals surface area contributed by atoms with E-state index in [1.54, 1.807) is 19.4 Å². The quantitative estimate of drug-likeness (QED) is 0.656. The number of rotatable bonds is 4. The van der Waals surface area contributed by atoms with Gasteiger partial charge in [0, 0.05) is 43.0 Å². The normalized spacial score (nSPS) is 21.8. The molecule has 156 valence electrons. The molecular formula is C25H24N4O2. The van der Waals surface area contributed by atoms with E-state index in [-0.39, 0.29) is 17.5 Å². The van der Waals surface area contributed by atoms with E-state index < -0.39 is 0 Å². The van der Waals surface area contributed by atoms with Crippen molar-refractivity contribution in [3.63, 3.8) is 0 Å². The molecule has 2 aliphatic rings. The minimum absolute atomic E-state index is 0.0741. The summed E-state index contributed by atoms with van der Waals surface area (Å²) < 4.78 is 7.43. The lowest BCUT2D eigenvalue weighted by Crippen LogP contribution is -2.50. The fourth-order valence-electron chi connectivity index (χ4n) is 5.17. The van der Waals surface area contributed by atoms with Crippen LogP contribution in [-0.4, -0.2) is 29.8 Å². The van der Waals surface area contributed by atoms with E-state index in [1.165, 1.54) is 0 Å². The second-order valence-corrected chi connectivity index (χ2v) is 8.40. The Morgan fingerprint density at radius 2 is 2.03 bits per heavy atom. The number of nitriles is 1. The summed E-state index contributed by atoms with van der Waals surface area (Å²) in [6, 6.07) is 19.7. The maximum absolute atomic E-state index is 12.9. The molecule has 3 atom stereocenters. The fourth-order valence-corrected chi connectivity index (χ4v) is 5.17. The van der Waals surface area contributed by atoms with Crippen molar-refractivity contribution < 1.29 is 4.74 Å². The zero-order valence-corrected chi connectivity index (χ0v) is 17.4. The number of pyridine rings is 2. The largest absolute Gasteiger partial charge is 0.497 e. The minimum Gasteiger partial charge on any atom is -0.497 e. The van der Waals surface area contributed by atoms with Crippen LogP contribution in [0.3, 0.4) is 0 Å². The first kappa shape index (κ1) is 19.4. The van der Waals surface area contributed by atoms with E-state index in [0.29, 0.717) is 11.5 Å². The molecule has 2 aliphatic heterocycles. The van der Waals surface area contributed by atoms with Crippen molar-refractivity contribution >= 4 is 5.82 Å². The second-order valence-electron chi connectivity index (χ2n) is 8.40. The third kappa shape index (κ3) is 3.57. The molecule has 2 bridgehead atoms. The van der Waals surface area contributed by atoms with E-state index >= 15 is 0 Å². The fraction of sp³-hybridized carbons (Fsp3) is 0.320. The smallest absolute Gasteiger partial charge is 0.251 e. The van der Waals surface area contributed by atoms with Gasteiger partial charge in [-0.25, -0.2) is 4.98 Å². The zero-order valence-electron chi connectivity index (χ0n) is 17.4. The highest BCUT2D eigenvalue weighted by atomic mass is 16.5. The van der Waals surface area contributed by atoms with Crippen LogP contribution in [0, 0.1) is 17.2 Å². The zero-order chi connectivity index (χ0) is 21.4. The predicted molar refractivity (Wildman–Crippen MR) is 118 cm³/mol. The Morgan fingerprint density at radius 1 is 1.16 bits per heavy atom. The highest BCUT2D eigenvalue weighted by Gasteiger charge is 2.40. The van der Waals surface area contributed by atoms with Crippen LogP contribution < -0.4 is 15.2 Å².